The van der Waals surface area contributed by atoms with Crippen LogP contribution in [0.3, 0.4) is 0 Å². The van der Waals surface area contributed by atoms with Crippen molar-refractivity contribution in [1.29, 1.82) is 0 Å². The van der Waals surface area contributed by atoms with Crippen LogP contribution >= 0.6 is 0 Å². The molecule has 10 nitrogen and oxygen atoms in total. The van der Waals surface area contributed by atoms with Gasteiger partial charge in [-0.15, -0.1) is 5.10 Å². The first-order chi connectivity index (χ1) is 16.1. The molecule has 0 spiro atoms. The second-order valence-electron chi connectivity index (χ2n) is 8.18. The molecule has 1 fully saturated rings. The van der Waals surface area contributed by atoms with Gasteiger partial charge in [0.2, 0.25) is 5.88 Å². The fraction of sp³-hybridized carbons (Fsp3) is 0.348. The van der Waals surface area contributed by atoms with E-state index in [9.17, 15) is 0 Å². The Bertz CT molecular complexity index is 1220. The minimum atomic E-state index is 0.173. The smallest absolute Gasteiger partial charge is 0.219 e. The number of nitrogens with zero attached hydrogens (tertiary/aromatic N) is 6. The lowest BCUT2D eigenvalue weighted by Gasteiger charge is -2.10. The molecule has 0 atom stereocenters. The minimum Gasteiger partial charge on any atom is -0.491 e. The van der Waals surface area contributed by atoms with Crippen LogP contribution in [0.5, 0.6) is 17.4 Å². The summed E-state index contributed by atoms with van der Waals surface area (Å²) in [6.07, 6.45) is 7.39. The average molecular weight is 447 g/mol. The van der Waals surface area contributed by atoms with Gasteiger partial charge in [-0.2, -0.15) is 9.90 Å². The predicted octanol–water partition coefficient (Wildman–Crippen LogP) is 3.86. The van der Waals surface area contributed by atoms with Crippen LogP contribution < -0.4 is 20.1 Å². The number of pyridine rings is 1. The van der Waals surface area contributed by atoms with Gasteiger partial charge in [0, 0.05) is 24.0 Å². The Kier molecular flexibility index (Phi) is 5.99. The molecular formula is C23H26N8O2. The van der Waals surface area contributed by atoms with Gasteiger partial charge in [0.15, 0.2) is 5.82 Å². The second kappa shape index (κ2) is 9.37. The van der Waals surface area contributed by atoms with Crippen LogP contribution in [0.15, 0.2) is 49.1 Å². The summed E-state index contributed by atoms with van der Waals surface area (Å²) in [7, 11) is 0. The zero-order valence-corrected chi connectivity index (χ0v) is 18.6. The van der Waals surface area contributed by atoms with Gasteiger partial charge in [0.05, 0.1) is 24.0 Å². The Balaban J connectivity index is 1.26. The quantitative estimate of drug-likeness (QED) is 0.351. The highest BCUT2D eigenvalue weighted by Gasteiger charge is 2.19. The van der Waals surface area contributed by atoms with Crippen LogP contribution in [0.2, 0.25) is 0 Å². The Morgan fingerprint density at radius 1 is 1.06 bits per heavy atom. The van der Waals surface area contributed by atoms with Crippen molar-refractivity contribution in [2.24, 2.45) is 0 Å². The van der Waals surface area contributed by atoms with Crippen LogP contribution in [0.1, 0.15) is 32.7 Å². The predicted molar refractivity (Wildman–Crippen MR) is 124 cm³/mol. The molecule has 2 N–H and O–H groups in total. The molecule has 1 aliphatic rings. The topological polar surface area (TPSA) is 112 Å². The maximum absolute atomic E-state index is 5.95. The van der Waals surface area contributed by atoms with Crippen molar-refractivity contribution in [3.8, 4) is 17.4 Å². The highest BCUT2D eigenvalue weighted by Crippen LogP contribution is 2.29. The van der Waals surface area contributed by atoms with E-state index in [0.29, 0.717) is 41.7 Å². The van der Waals surface area contributed by atoms with Crippen LogP contribution in [-0.2, 0) is 0 Å². The van der Waals surface area contributed by atoms with Crippen molar-refractivity contribution in [3.63, 3.8) is 0 Å². The molecule has 4 aromatic rings. The van der Waals surface area contributed by atoms with E-state index in [2.05, 4.69) is 35.8 Å². The molecule has 3 heterocycles. The van der Waals surface area contributed by atoms with Crippen molar-refractivity contribution in [3.05, 3.63) is 49.1 Å². The van der Waals surface area contributed by atoms with Gasteiger partial charge in [0.25, 0.3) is 0 Å². The monoisotopic (exact) mass is 446 g/mol. The highest BCUT2D eigenvalue weighted by atomic mass is 16.5. The summed E-state index contributed by atoms with van der Waals surface area (Å²) < 4.78 is 11.7. The van der Waals surface area contributed by atoms with Gasteiger partial charge in [-0.25, -0.2) is 15.0 Å². The fourth-order valence-electron chi connectivity index (χ4n) is 3.25. The number of fused-ring (bicyclic) bond motifs is 1. The number of anilines is 2. The first-order valence-corrected chi connectivity index (χ1v) is 11.1. The summed E-state index contributed by atoms with van der Waals surface area (Å²) in [6.45, 7) is 5.50. The summed E-state index contributed by atoms with van der Waals surface area (Å²) in [6, 6.07) is 10.1. The summed E-state index contributed by atoms with van der Waals surface area (Å²) in [5.74, 6) is 3.05. The molecule has 170 valence electrons. The third-order valence-corrected chi connectivity index (χ3v) is 5.14. The van der Waals surface area contributed by atoms with Crippen LogP contribution in [0.4, 0.5) is 11.6 Å². The van der Waals surface area contributed by atoms with E-state index in [4.69, 9.17) is 9.47 Å². The number of aromatic nitrogens is 6. The van der Waals surface area contributed by atoms with Gasteiger partial charge in [-0.05, 0) is 51.0 Å². The van der Waals surface area contributed by atoms with E-state index in [1.54, 1.807) is 23.3 Å². The Morgan fingerprint density at radius 2 is 1.94 bits per heavy atom. The van der Waals surface area contributed by atoms with Crippen molar-refractivity contribution in [2.45, 2.75) is 38.8 Å². The molecule has 0 unspecified atom stereocenters. The molecule has 3 aromatic heterocycles. The Hall–Kier alpha value is -3.79. The normalized spacial score (nSPS) is 13.4. The zero-order chi connectivity index (χ0) is 22.6. The fourth-order valence-corrected chi connectivity index (χ4v) is 3.25. The lowest BCUT2D eigenvalue weighted by atomic mass is 10.2. The van der Waals surface area contributed by atoms with Gasteiger partial charge in [0.1, 0.15) is 30.3 Å². The molecule has 0 radical (unpaired) electrons. The highest BCUT2D eigenvalue weighted by molar-refractivity contribution is 5.91. The number of rotatable bonds is 10. The molecule has 1 aromatic carbocycles. The standard InChI is InChI=1S/C23H26N8O2/c1-15(2)31-28-13-21(30-31)29-23-19-11-17(5-7-20(19)26-14-27-23)33-22-8-6-18(12-25-22)32-10-9-24-16-3-4-16/h5-8,11-16,24H,3-4,9-10H2,1-2H3,(H,26,27,29,30). The third-order valence-electron chi connectivity index (χ3n) is 5.14. The molecule has 1 aliphatic carbocycles. The second-order valence-corrected chi connectivity index (χ2v) is 8.18. The summed E-state index contributed by atoms with van der Waals surface area (Å²) in [4.78, 5) is 14.7. The van der Waals surface area contributed by atoms with Gasteiger partial charge in [-0.1, -0.05) is 0 Å². The minimum absolute atomic E-state index is 0.173. The first-order valence-electron chi connectivity index (χ1n) is 11.1. The zero-order valence-electron chi connectivity index (χ0n) is 18.6. The van der Waals surface area contributed by atoms with Crippen molar-refractivity contribution in [2.75, 3.05) is 18.5 Å². The molecule has 5 rings (SSSR count). The molecule has 0 bridgehead atoms. The first kappa shape index (κ1) is 21.1. The van der Waals surface area contributed by atoms with E-state index in [0.717, 1.165) is 17.4 Å². The molecule has 0 aliphatic heterocycles. The average Bonchev–Trinajstić information content (AvgIpc) is 3.53. The molecular weight excluding hydrogens is 420 g/mol. The van der Waals surface area contributed by atoms with Crippen LogP contribution in [-0.4, -0.2) is 49.1 Å². The van der Waals surface area contributed by atoms with Crippen LogP contribution in [0, 0.1) is 0 Å². The summed E-state index contributed by atoms with van der Waals surface area (Å²) in [5.41, 5.74) is 0.785. The SMILES string of the molecule is CC(C)n1ncc(Nc2ncnc3ccc(Oc4ccc(OCCNC5CC5)cn4)cc23)n1. The maximum Gasteiger partial charge on any atom is 0.219 e. The number of hydrogen-bond acceptors (Lipinski definition) is 9. The largest absolute Gasteiger partial charge is 0.491 e. The van der Waals surface area contributed by atoms with Crippen molar-refractivity contribution >= 4 is 22.5 Å². The van der Waals surface area contributed by atoms with E-state index in [1.807, 2.05) is 38.1 Å². The van der Waals surface area contributed by atoms with E-state index in [1.165, 1.54) is 19.2 Å². The lowest BCUT2D eigenvalue weighted by molar-refractivity contribution is 0.311. The molecule has 0 amide bonds. The van der Waals surface area contributed by atoms with Gasteiger partial charge < -0.3 is 20.1 Å². The van der Waals surface area contributed by atoms with E-state index >= 15 is 0 Å². The van der Waals surface area contributed by atoms with Gasteiger partial charge >= 0.3 is 0 Å². The van der Waals surface area contributed by atoms with Crippen LogP contribution in [0.25, 0.3) is 10.9 Å². The maximum atomic E-state index is 5.95. The lowest BCUT2D eigenvalue weighted by Crippen LogP contribution is -2.22. The number of nitrogens with one attached hydrogen (secondary N) is 2. The summed E-state index contributed by atoms with van der Waals surface area (Å²) >= 11 is 0. The van der Waals surface area contributed by atoms with Crippen molar-refractivity contribution in [1.82, 2.24) is 35.3 Å². The molecule has 10 heteroatoms. The number of ether oxygens (including phenoxy) is 2. The third kappa shape index (κ3) is 5.35. The number of benzene rings is 1. The van der Waals surface area contributed by atoms with Crippen molar-refractivity contribution < 1.29 is 9.47 Å². The molecule has 33 heavy (non-hydrogen) atoms. The summed E-state index contributed by atoms with van der Waals surface area (Å²) in [5, 5.41) is 16.1. The Labute approximate surface area is 191 Å². The van der Waals surface area contributed by atoms with E-state index < -0.39 is 0 Å². The molecule has 1 saturated carbocycles. The number of hydrogen-bond donors (Lipinski definition) is 2. The van der Waals surface area contributed by atoms with Gasteiger partial charge in [-0.3, -0.25) is 0 Å². The van der Waals surface area contributed by atoms with E-state index in [-0.39, 0.29) is 6.04 Å². The Morgan fingerprint density at radius 3 is 2.70 bits per heavy atom. The molecule has 0 saturated heterocycles.